The molecule has 0 aliphatic rings. The Balaban J connectivity index is 1.69. The topological polar surface area (TPSA) is 108 Å². The maximum absolute atomic E-state index is 11.2. The monoisotopic (exact) mass is 405 g/mol. The molecule has 0 atom stereocenters. The first-order valence-corrected chi connectivity index (χ1v) is 8.78. The van der Waals surface area contributed by atoms with Gasteiger partial charge < -0.3 is 9.15 Å². The number of ether oxygens (including phenoxy) is 1. The molecule has 3 aromatic rings. The van der Waals surface area contributed by atoms with Crippen LogP contribution in [0.4, 0.5) is 5.69 Å². The molecule has 3 rings (SSSR count). The van der Waals surface area contributed by atoms with E-state index in [0.29, 0.717) is 22.0 Å². The first-order chi connectivity index (χ1) is 13.0. The van der Waals surface area contributed by atoms with Crippen LogP contribution in [0.25, 0.3) is 0 Å². The smallest absolute Gasteiger partial charge is 0.281 e. The van der Waals surface area contributed by atoms with Gasteiger partial charge in [0.1, 0.15) is 5.75 Å². The molecular formula is C17H12ClN3O5S. The van der Waals surface area contributed by atoms with Crippen LogP contribution in [0.5, 0.6) is 5.75 Å². The Morgan fingerprint density at radius 3 is 2.81 bits per heavy atom. The van der Waals surface area contributed by atoms with Gasteiger partial charge in [0, 0.05) is 27.6 Å². The van der Waals surface area contributed by atoms with Gasteiger partial charge in [-0.15, -0.1) is 10.2 Å². The summed E-state index contributed by atoms with van der Waals surface area (Å²) in [5.41, 5.74) is 0.875. The van der Waals surface area contributed by atoms with Crippen LogP contribution in [0.1, 0.15) is 21.8 Å². The molecule has 1 heterocycles. The van der Waals surface area contributed by atoms with Crippen molar-refractivity contribution in [2.45, 2.75) is 23.6 Å². The van der Waals surface area contributed by atoms with Gasteiger partial charge in [-0.1, -0.05) is 11.6 Å². The highest BCUT2D eigenvalue weighted by Crippen LogP contribution is 2.31. The molecule has 0 fully saturated rings. The largest absolute Gasteiger partial charge is 0.484 e. The van der Waals surface area contributed by atoms with Gasteiger partial charge in [0.2, 0.25) is 0 Å². The van der Waals surface area contributed by atoms with Gasteiger partial charge in [-0.05, 0) is 48.5 Å². The fourth-order valence-electron chi connectivity index (χ4n) is 2.18. The van der Waals surface area contributed by atoms with Gasteiger partial charge in [0.05, 0.1) is 4.92 Å². The minimum atomic E-state index is -0.567. The molecule has 0 unspecified atom stereocenters. The van der Waals surface area contributed by atoms with Crippen molar-refractivity contribution in [3.8, 4) is 5.75 Å². The van der Waals surface area contributed by atoms with Crippen molar-refractivity contribution in [3.05, 3.63) is 68.6 Å². The highest BCUT2D eigenvalue weighted by Gasteiger charge is 2.15. The quantitative estimate of drug-likeness (QED) is 0.321. The average molecular weight is 406 g/mol. The van der Waals surface area contributed by atoms with E-state index < -0.39 is 4.92 Å². The number of hydrogen-bond acceptors (Lipinski definition) is 8. The molecule has 0 bridgehead atoms. The number of nitrogens with zero attached hydrogens (tertiary/aromatic N) is 3. The van der Waals surface area contributed by atoms with Gasteiger partial charge in [-0.2, -0.15) is 0 Å². The molecule has 0 saturated heterocycles. The van der Waals surface area contributed by atoms with Crippen molar-refractivity contribution >= 4 is 35.3 Å². The lowest BCUT2D eigenvalue weighted by Gasteiger charge is -2.06. The maximum atomic E-state index is 11.2. The summed E-state index contributed by atoms with van der Waals surface area (Å²) in [6.07, 6.45) is 0.541. The number of nitro benzene ring substituents is 1. The summed E-state index contributed by atoms with van der Waals surface area (Å²) in [5, 5.41) is 19.4. The minimum absolute atomic E-state index is 0.0663. The molecule has 1 aromatic heterocycles. The molecule has 0 N–H and O–H groups in total. The van der Waals surface area contributed by atoms with Crippen LogP contribution >= 0.6 is 23.4 Å². The van der Waals surface area contributed by atoms with E-state index in [0.717, 1.165) is 17.3 Å². The molecular weight excluding hydrogens is 394 g/mol. The van der Waals surface area contributed by atoms with Crippen molar-refractivity contribution < 1.29 is 18.9 Å². The highest BCUT2D eigenvalue weighted by molar-refractivity contribution is 7.99. The zero-order valence-corrected chi connectivity index (χ0v) is 15.5. The lowest BCUT2D eigenvalue weighted by molar-refractivity contribution is -0.384. The van der Waals surface area contributed by atoms with Crippen molar-refractivity contribution in [1.29, 1.82) is 0 Å². The second-order valence-electron chi connectivity index (χ2n) is 5.36. The fraction of sp³-hybridized carbons (Fsp3) is 0.118. The number of hydrogen-bond donors (Lipinski definition) is 0. The first kappa shape index (κ1) is 18.9. The Labute approximate surface area is 162 Å². The Hall–Kier alpha value is -2.91. The summed E-state index contributed by atoms with van der Waals surface area (Å²) in [4.78, 5) is 21.9. The van der Waals surface area contributed by atoms with Crippen LogP contribution in [0.15, 0.2) is 50.9 Å². The van der Waals surface area contributed by atoms with Crippen LogP contribution in [0, 0.1) is 17.0 Å². The lowest BCUT2D eigenvalue weighted by atomic mass is 10.2. The Bertz CT molecular complexity index is 1010. The third-order valence-corrected chi connectivity index (χ3v) is 4.63. The van der Waals surface area contributed by atoms with Crippen molar-refractivity contribution in [2.24, 2.45) is 0 Å². The molecule has 2 aromatic carbocycles. The van der Waals surface area contributed by atoms with E-state index in [9.17, 15) is 14.9 Å². The van der Waals surface area contributed by atoms with Gasteiger partial charge in [0.15, 0.2) is 12.9 Å². The molecule has 27 heavy (non-hydrogen) atoms. The molecule has 0 amide bonds. The molecule has 0 radical (unpaired) electrons. The van der Waals surface area contributed by atoms with Gasteiger partial charge in [-0.25, -0.2) is 0 Å². The molecule has 138 valence electrons. The number of aromatic nitrogens is 2. The fourth-order valence-corrected chi connectivity index (χ4v) is 3.18. The van der Waals surface area contributed by atoms with Crippen LogP contribution in [-0.4, -0.2) is 21.4 Å². The summed E-state index contributed by atoms with van der Waals surface area (Å²) in [7, 11) is 0. The van der Waals surface area contributed by atoms with Crippen LogP contribution in [-0.2, 0) is 6.61 Å². The predicted octanol–water partition coefficient (Wildman–Crippen LogP) is 4.48. The zero-order valence-electron chi connectivity index (χ0n) is 13.9. The van der Waals surface area contributed by atoms with Crippen molar-refractivity contribution in [1.82, 2.24) is 10.2 Å². The number of non-ortho nitro benzene ring substituents is 1. The summed E-state index contributed by atoms with van der Waals surface area (Å²) < 4.78 is 11.1. The second-order valence-corrected chi connectivity index (χ2v) is 6.79. The zero-order chi connectivity index (χ0) is 19.4. The summed E-state index contributed by atoms with van der Waals surface area (Å²) >= 11 is 6.94. The number of benzene rings is 2. The van der Waals surface area contributed by atoms with E-state index in [1.807, 2.05) is 6.92 Å². The summed E-state index contributed by atoms with van der Waals surface area (Å²) in [5.74, 6) is 0.895. The molecule has 0 saturated carbocycles. The van der Waals surface area contributed by atoms with Crippen LogP contribution in [0.3, 0.4) is 0 Å². The highest BCUT2D eigenvalue weighted by atomic mass is 35.5. The van der Waals surface area contributed by atoms with Crippen LogP contribution < -0.4 is 4.74 Å². The number of carbonyl (C=O) groups excluding carboxylic acids is 1. The van der Waals surface area contributed by atoms with Crippen molar-refractivity contribution in [2.75, 3.05) is 0 Å². The normalized spacial score (nSPS) is 10.6. The summed E-state index contributed by atoms with van der Waals surface area (Å²) in [6.45, 7) is 1.93. The minimum Gasteiger partial charge on any atom is -0.484 e. The third kappa shape index (κ3) is 4.63. The summed E-state index contributed by atoms with van der Waals surface area (Å²) in [6, 6.07) is 9.20. The first-order valence-electron chi connectivity index (χ1n) is 7.59. The van der Waals surface area contributed by atoms with Gasteiger partial charge in [-0.3, -0.25) is 14.9 Å². The third-order valence-electron chi connectivity index (χ3n) is 3.46. The number of nitro groups is 1. The van der Waals surface area contributed by atoms with E-state index >= 15 is 0 Å². The number of aldehydes is 1. The Kier molecular flexibility index (Phi) is 5.72. The SMILES string of the molecule is Cc1cc(Cl)ccc1OCc1nnc(Sc2ccc([N+](=O)[O-])cc2C=O)o1. The maximum Gasteiger partial charge on any atom is 0.281 e. The van der Waals surface area contributed by atoms with Crippen LogP contribution in [0.2, 0.25) is 5.02 Å². The average Bonchev–Trinajstić information content (AvgIpc) is 3.08. The van der Waals surface area contributed by atoms with E-state index in [1.54, 1.807) is 18.2 Å². The number of rotatable bonds is 7. The Morgan fingerprint density at radius 1 is 1.30 bits per heavy atom. The lowest BCUT2D eigenvalue weighted by Crippen LogP contribution is -1.97. The van der Waals surface area contributed by atoms with E-state index in [4.69, 9.17) is 20.8 Å². The van der Waals surface area contributed by atoms with E-state index in [2.05, 4.69) is 10.2 Å². The second kappa shape index (κ2) is 8.19. The molecule has 0 aliphatic heterocycles. The number of halogens is 1. The Morgan fingerprint density at radius 2 is 2.11 bits per heavy atom. The van der Waals surface area contributed by atoms with E-state index in [-0.39, 0.29) is 29.0 Å². The van der Waals surface area contributed by atoms with Gasteiger partial charge >= 0.3 is 0 Å². The van der Waals surface area contributed by atoms with Gasteiger partial charge in [0.25, 0.3) is 16.8 Å². The molecule has 10 heteroatoms. The predicted molar refractivity (Wildman–Crippen MR) is 97.4 cm³/mol. The van der Waals surface area contributed by atoms with E-state index in [1.165, 1.54) is 18.2 Å². The number of aryl methyl sites for hydroxylation is 1. The molecule has 0 aliphatic carbocycles. The molecule has 8 nitrogen and oxygen atoms in total. The standard InChI is InChI=1S/C17H12ClN3O5S/c1-10-6-12(18)2-4-14(10)25-9-16-19-20-17(26-16)27-15-5-3-13(21(23)24)7-11(15)8-22/h2-8H,9H2,1H3. The molecule has 0 spiro atoms. The van der Waals surface area contributed by atoms with Crippen molar-refractivity contribution in [3.63, 3.8) is 0 Å². The number of carbonyl (C=O) groups is 1.